The van der Waals surface area contributed by atoms with Gasteiger partial charge in [0.2, 0.25) is 0 Å². The third-order valence-corrected chi connectivity index (χ3v) is 8.64. The number of hydrogen-bond acceptors (Lipinski definition) is 3. The Hall–Kier alpha value is -4.31. The van der Waals surface area contributed by atoms with Crippen LogP contribution in [0, 0.1) is 19.2 Å². The summed E-state index contributed by atoms with van der Waals surface area (Å²) in [5.74, 6) is 2.25. The number of fused-ring (bicyclic) bond motifs is 2. The summed E-state index contributed by atoms with van der Waals surface area (Å²) in [4.78, 5) is 9.22. The first-order chi connectivity index (χ1) is 23.9. The minimum Gasteiger partial charge on any atom is -0.557 e. The zero-order valence-electron chi connectivity index (χ0n) is 31.3. The van der Waals surface area contributed by atoms with E-state index in [4.69, 9.17) is 13.5 Å². The second kappa shape index (κ2) is 15.3. The van der Waals surface area contributed by atoms with E-state index in [1.54, 1.807) is 18.2 Å². The predicted molar refractivity (Wildman–Crippen MR) is 195 cm³/mol. The maximum absolute atomic E-state index is 7.23. The van der Waals surface area contributed by atoms with Crippen LogP contribution in [-0.2, 0) is 26.7 Å². The van der Waals surface area contributed by atoms with E-state index in [9.17, 15) is 0 Å². The van der Waals surface area contributed by atoms with E-state index < -0.39 is 6.85 Å². The first kappa shape index (κ1) is 31.0. The van der Waals surface area contributed by atoms with Gasteiger partial charge < -0.3 is 14.0 Å². The molecule has 3 aromatic heterocycles. The Morgan fingerprint density at radius 2 is 1.56 bits per heavy atom. The van der Waals surface area contributed by atoms with Crippen LogP contribution in [0.15, 0.2) is 108 Å². The second-order valence-corrected chi connectivity index (χ2v) is 12.9. The van der Waals surface area contributed by atoms with Gasteiger partial charge in [-0.25, -0.2) is 0 Å². The molecule has 48 heavy (non-hydrogen) atoms. The van der Waals surface area contributed by atoms with Gasteiger partial charge in [-0.3, -0.25) is 4.98 Å². The quantitative estimate of drug-likeness (QED) is 0.151. The van der Waals surface area contributed by atoms with Crippen LogP contribution in [-0.4, -0.2) is 14.5 Å². The van der Waals surface area contributed by atoms with Gasteiger partial charge in [0.15, 0.2) is 0 Å². The van der Waals surface area contributed by atoms with Gasteiger partial charge in [-0.05, 0) is 64.7 Å². The number of pyridine rings is 1. The summed E-state index contributed by atoms with van der Waals surface area (Å²) in [6.45, 7) is 12.2. The van der Waals surface area contributed by atoms with Gasteiger partial charge >= 0.3 is 0 Å². The Morgan fingerprint density at radius 1 is 0.812 bits per heavy atom. The number of imidazole rings is 1. The first-order valence-corrected chi connectivity index (χ1v) is 16.4. The molecule has 5 heteroatoms. The van der Waals surface area contributed by atoms with E-state index >= 15 is 0 Å². The predicted octanol–water partition coefficient (Wildman–Crippen LogP) is 11.5. The van der Waals surface area contributed by atoms with Crippen molar-refractivity contribution in [3.63, 3.8) is 0 Å². The zero-order chi connectivity index (χ0) is 35.6. The van der Waals surface area contributed by atoms with E-state index in [1.165, 1.54) is 28.5 Å². The molecule has 0 fully saturated rings. The number of furan rings is 1. The van der Waals surface area contributed by atoms with Crippen molar-refractivity contribution < 1.29 is 28.6 Å². The minimum absolute atomic E-state index is 0. The number of nitrogens with zero attached hydrogens (tertiary/aromatic N) is 3. The van der Waals surface area contributed by atoms with Crippen LogP contribution in [0.1, 0.15) is 91.2 Å². The molecular formula is C43H43IrN3O-2. The molecule has 4 nitrogen and oxygen atoms in total. The Bertz CT molecular complexity index is 2190. The minimum atomic E-state index is -2.09. The Morgan fingerprint density at radius 3 is 2.21 bits per heavy atom. The average Bonchev–Trinajstić information content (AvgIpc) is 3.69. The molecule has 0 saturated heterocycles. The van der Waals surface area contributed by atoms with E-state index in [2.05, 4.69) is 124 Å². The standard InChI is InChI=1S/C31H33N2O.C12H10N.Ir/c1-19(2)22-14-15-30-25(16-22)27(18-34-30)31-32-28-12-7-8-13-29(28)33(31)17-26-23(20(3)4)10-9-11-24(26)21(5)6;1-10-7-8-12(13-9-10)11-5-3-2-4-6-11;/h7-16,19-21H,17H2,1-6H3;2-5,7-9H,1H3;/q2*-1;/i;1D3;. The molecule has 7 aromatic rings. The average molecular weight is 813 g/mol. The van der Waals surface area contributed by atoms with Crippen molar-refractivity contribution in [1.82, 2.24) is 14.5 Å². The van der Waals surface area contributed by atoms with Crippen molar-refractivity contribution in [3.8, 4) is 22.6 Å². The summed E-state index contributed by atoms with van der Waals surface area (Å²) in [6, 6.07) is 35.4. The van der Waals surface area contributed by atoms with Crippen molar-refractivity contribution in [2.45, 2.75) is 72.7 Å². The second-order valence-electron chi connectivity index (χ2n) is 12.9. The molecule has 3 heterocycles. The number of rotatable bonds is 7. The van der Waals surface area contributed by atoms with Crippen molar-refractivity contribution in [3.05, 3.63) is 143 Å². The number of aryl methyl sites for hydroxylation is 1. The van der Waals surface area contributed by atoms with E-state index in [0.29, 0.717) is 17.8 Å². The van der Waals surface area contributed by atoms with E-state index in [1.807, 2.05) is 18.2 Å². The molecule has 0 amide bonds. The molecule has 0 unspecified atom stereocenters. The largest absolute Gasteiger partial charge is 0.557 e. The number of benzene rings is 4. The van der Waals surface area contributed by atoms with E-state index in [0.717, 1.165) is 51.2 Å². The fourth-order valence-electron chi connectivity index (χ4n) is 6.10. The fourth-order valence-corrected chi connectivity index (χ4v) is 6.10. The molecule has 0 aliphatic carbocycles. The van der Waals surface area contributed by atoms with Crippen molar-refractivity contribution in [2.24, 2.45) is 0 Å². The molecule has 0 saturated carbocycles. The Balaban J connectivity index is 0.000000249. The molecule has 7 rings (SSSR count). The smallest absolute Gasteiger partial charge is 0.0770 e. The molecule has 0 aliphatic heterocycles. The van der Waals surface area contributed by atoms with Crippen LogP contribution in [0.25, 0.3) is 44.6 Å². The Kier molecular flexibility index (Phi) is 9.86. The monoisotopic (exact) mass is 813 g/mol. The van der Waals surface area contributed by atoms with Crippen LogP contribution in [0.5, 0.6) is 0 Å². The van der Waals surface area contributed by atoms with Crippen LogP contribution in [0.2, 0.25) is 0 Å². The van der Waals surface area contributed by atoms with Gasteiger partial charge in [0.25, 0.3) is 0 Å². The topological polar surface area (TPSA) is 43.9 Å². The Labute approximate surface area is 302 Å². The molecule has 0 N–H and O–H groups in total. The summed E-state index contributed by atoms with van der Waals surface area (Å²) in [5, 5.41) is 1.07. The molecule has 247 valence electrons. The van der Waals surface area contributed by atoms with Crippen LogP contribution < -0.4 is 0 Å². The maximum Gasteiger partial charge on any atom is 0.0770 e. The molecule has 4 aromatic carbocycles. The number of aromatic nitrogens is 3. The molecule has 0 atom stereocenters. The van der Waals surface area contributed by atoms with Crippen LogP contribution in [0.4, 0.5) is 0 Å². The fraction of sp³-hybridized carbons (Fsp3) is 0.256. The molecule has 1 radical (unpaired) electrons. The summed E-state index contributed by atoms with van der Waals surface area (Å²) in [6.07, 6.45) is 4.59. The van der Waals surface area contributed by atoms with Crippen LogP contribution >= 0.6 is 0 Å². The third-order valence-electron chi connectivity index (χ3n) is 8.64. The normalized spacial score (nSPS) is 12.5. The summed E-state index contributed by atoms with van der Waals surface area (Å²) in [5.41, 5.74) is 11.2. The molecule has 0 aliphatic rings. The van der Waals surface area contributed by atoms with Crippen molar-refractivity contribution >= 4 is 22.0 Å². The number of hydrogen-bond donors (Lipinski definition) is 0. The van der Waals surface area contributed by atoms with Gasteiger partial charge in [0, 0.05) is 48.8 Å². The van der Waals surface area contributed by atoms with Crippen molar-refractivity contribution in [1.29, 1.82) is 0 Å². The summed E-state index contributed by atoms with van der Waals surface area (Å²) >= 11 is 0. The van der Waals surface area contributed by atoms with Gasteiger partial charge in [-0.1, -0.05) is 119 Å². The SMILES string of the molecule is CC(C)c1ccc2o[c-]c(-c3nc4ccccc4n3Cc3c(C(C)C)cccc3C(C)C)c2c1.[2H]C([2H])([2H])c1ccc(-c2[c-]cccc2)nc1.[Ir]. The first-order valence-electron chi connectivity index (χ1n) is 17.9. The van der Waals surface area contributed by atoms with Gasteiger partial charge in [-0.15, -0.1) is 35.9 Å². The van der Waals surface area contributed by atoms with Gasteiger partial charge in [0.05, 0.1) is 16.9 Å². The zero-order valence-corrected chi connectivity index (χ0v) is 30.7. The number of para-hydroxylation sites is 2. The maximum atomic E-state index is 7.23. The van der Waals surface area contributed by atoms with Gasteiger partial charge in [0.1, 0.15) is 0 Å². The van der Waals surface area contributed by atoms with E-state index in [-0.39, 0.29) is 25.7 Å². The third kappa shape index (κ3) is 7.38. The van der Waals surface area contributed by atoms with Crippen molar-refractivity contribution in [2.75, 3.05) is 0 Å². The van der Waals surface area contributed by atoms with Crippen LogP contribution in [0.3, 0.4) is 0 Å². The summed E-state index contributed by atoms with van der Waals surface area (Å²) in [7, 11) is 0. The molecular weight excluding hydrogens is 767 g/mol. The molecule has 0 spiro atoms. The van der Waals surface area contributed by atoms with Gasteiger partial charge in [-0.2, -0.15) is 0 Å². The summed E-state index contributed by atoms with van der Waals surface area (Å²) < 4.78 is 29.9. The molecule has 0 bridgehead atoms.